The highest BCUT2D eigenvalue weighted by atomic mass is 32.2. The molecule has 0 spiro atoms. The first-order valence-electron chi connectivity index (χ1n) is 8.54. The number of nitrogens with zero attached hydrogens (tertiary/aromatic N) is 1. The second kappa shape index (κ2) is 6.51. The minimum atomic E-state index is -0.561. The molecular weight excluding hydrogens is 346 g/mol. The number of carbonyl (C=O) groups is 4. The van der Waals surface area contributed by atoms with Crippen molar-refractivity contribution in [1.29, 1.82) is 0 Å². The Kier molecular flexibility index (Phi) is 4.70. The van der Waals surface area contributed by atoms with E-state index in [0.29, 0.717) is 11.5 Å². The zero-order chi connectivity index (χ0) is 18.2. The number of nitrogens with one attached hydrogen (secondary N) is 2. The largest absolute Gasteiger partial charge is 0.333 e. The van der Waals surface area contributed by atoms with Crippen LogP contribution in [-0.2, 0) is 19.2 Å². The first-order chi connectivity index (χ1) is 11.7. The van der Waals surface area contributed by atoms with Gasteiger partial charge in [-0.1, -0.05) is 6.42 Å². The van der Waals surface area contributed by atoms with Gasteiger partial charge in [-0.3, -0.25) is 9.59 Å². The van der Waals surface area contributed by atoms with Crippen molar-refractivity contribution in [2.75, 3.05) is 5.75 Å². The summed E-state index contributed by atoms with van der Waals surface area (Å²) in [5.41, 5.74) is -0.557. The number of amides is 4. The molecule has 0 aromatic carbocycles. The van der Waals surface area contributed by atoms with Gasteiger partial charge in [0.1, 0.15) is 0 Å². The molecule has 0 aromatic rings. The van der Waals surface area contributed by atoms with Gasteiger partial charge in [0.05, 0.1) is 11.1 Å². The number of unbranched alkanes of at least 4 members (excludes halogenated alkanes) is 1. The summed E-state index contributed by atoms with van der Waals surface area (Å²) in [5.74, 6) is -0.627. The van der Waals surface area contributed by atoms with Crippen molar-refractivity contribution in [3.63, 3.8) is 0 Å². The van der Waals surface area contributed by atoms with Gasteiger partial charge < -0.3 is 15.5 Å². The fourth-order valence-electron chi connectivity index (χ4n) is 3.62. The minimum Gasteiger partial charge on any atom is -0.330 e. The van der Waals surface area contributed by atoms with Crippen LogP contribution in [0.1, 0.15) is 52.4 Å². The summed E-state index contributed by atoms with van der Waals surface area (Å²) in [4.78, 5) is 51.1. The third kappa shape index (κ3) is 3.21. The third-order valence-electron chi connectivity index (χ3n) is 5.42. The van der Waals surface area contributed by atoms with Gasteiger partial charge >= 0.3 is 12.0 Å². The quantitative estimate of drug-likeness (QED) is 0.413. The maximum Gasteiger partial charge on any atom is 0.333 e. The first kappa shape index (κ1) is 18.0. The fraction of sp³-hybridized carbons (Fsp3) is 0.750. The SMILES string of the molecule is C[C@@]12CSC(CCCCC(=O)ON3C(=O)CCC3=O)[C@]1(C)NC(=O)N2. The van der Waals surface area contributed by atoms with E-state index in [1.54, 1.807) is 0 Å². The highest BCUT2D eigenvalue weighted by Crippen LogP contribution is 2.47. The van der Waals surface area contributed by atoms with Crippen LogP contribution < -0.4 is 10.6 Å². The number of hydrogen-bond donors (Lipinski definition) is 2. The van der Waals surface area contributed by atoms with Gasteiger partial charge in [-0.05, 0) is 26.7 Å². The Morgan fingerprint density at radius 1 is 1.20 bits per heavy atom. The number of fused-ring (bicyclic) bond motifs is 1. The van der Waals surface area contributed by atoms with Crippen LogP contribution in [0.2, 0.25) is 0 Å². The zero-order valence-electron chi connectivity index (χ0n) is 14.4. The number of hydroxylamine groups is 2. The molecule has 3 aliphatic rings. The van der Waals surface area contributed by atoms with E-state index in [0.717, 1.165) is 18.6 Å². The third-order valence-corrected chi connectivity index (χ3v) is 7.28. The number of urea groups is 1. The fourth-order valence-corrected chi connectivity index (χ4v) is 5.51. The summed E-state index contributed by atoms with van der Waals surface area (Å²) < 4.78 is 0. The smallest absolute Gasteiger partial charge is 0.330 e. The van der Waals surface area contributed by atoms with Crippen LogP contribution in [0.15, 0.2) is 0 Å². The summed E-state index contributed by atoms with van der Waals surface area (Å²) in [6.07, 6.45) is 2.64. The molecule has 0 aliphatic carbocycles. The summed E-state index contributed by atoms with van der Waals surface area (Å²) in [7, 11) is 0. The van der Waals surface area contributed by atoms with Gasteiger partial charge in [-0.15, -0.1) is 5.06 Å². The van der Waals surface area contributed by atoms with E-state index in [1.807, 2.05) is 11.8 Å². The Hall–Kier alpha value is -1.77. The molecule has 4 amide bonds. The van der Waals surface area contributed by atoms with Crippen LogP contribution in [0.25, 0.3) is 0 Å². The lowest BCUT2D eigenvalue weighted by molar-refractivity contribution is -0.197. The van der Waals surface area contributed by atoms with Crippen LogP contribution in [0.4, 0.5) is 4.79 Å². The van der Waals surface area contributed by atoms with Crippen LogP contribution >= 0.6 is 11.8 Å². The van der Waals surface area contributed by atoms with Crippen molar-refractivity contribution in [3.05, 3.63) is 0 Å². The molecule has 3 heterocycles. The topological polar surface area (TPSA) is 105 Å². The standard InChI is InChI=1S/C16H23N3O5S/c1-15-9-25-10(16(15,2)18-14(23)17-15)5-3-4-6-13(22)24-19-11(20)7-8-12(19)21/h10H,3-9H2,1-2H3,(H2,17,18,23)/t10?,15-,16+/m1/s1. The summed E-state index contributed by atoms with van der Waals surface area (Å²) in [5, 5.41) is 6.91. The Balaban J connectivity index is 1.42. The van der Waals surface area contributed by atoms with Gasteiger partial charge in [0.15, 0.2) is 0 Å². The monoisotopic (exact) mass is 369 g/mol. The van der Waals surface area contributed by atoms with Crippen molar-refractivity contribution in [1.82, 2.24) is 15.7 Å². The van der Waals surface area contributed by atoms with Gasteiger partial charge in [0.2, 0.25) is 0 Å². The Morgan fingerprint density at radius 2 is 1.88 bits per heavy atom. The lowest BCUT2D eigenvalue weighted by Crippen LogP contribution is -2.58. The lowest BCUT2D eigenvalue weighted by Gasteiger charge is -2.35. The highest BCUT2D eigenvalue weighted by Gasteiger charge is 2.60. The van der Waals surface area contributed by atoms with E-state index in [9.17, 15) is 19.2 Å². The average Bonchev–Trinajstić information content (AvgIpc) is 3.05. The van der Waals surface area contributed by atoms with Crippen molar-refractivity contribution in [2.45, 2.75) is 68.7 Å². The van der Waals surface area contributed by atoms with E-state index >= 15 is 0 Å². The maximum atomic E-state index is 11.8. The molecule has 3 saturated heterocycles. The maximum absolute atomic E-state index is 11.8. The van der Waals surface area contributed by atoms with Crippen molar-refractivity contribution >= 4 is 35.6 Å². The molecular formula is C16H23N3O5S. The predicted molar refractivity (Wildman–Crippen MR) is 90.4 cm³/mol. The van der Waals surface area contributed by atoms with Crippen LogP contribution in [0, 0.1) is 0 Å². The van der Waals surface area contributed by atoms with E-state index in [1.165, 1.54) is 0 Å². The molecule has 0 saturated carbocycles. The molecule has 3 atom stereocenters. The van der Waals surface area contributed by atoms with E-state index in [-0.39, 0.29) is 41.6 Å². The molecule has 0 radical (unpaired) electrons. The molecule has 0 aromatic heterocycles. The number of carbonyl (C=O) groups excluding carboxylic acids is 4. The Bertz CT molecular complexity index is 611. The van der Waals surface area contributed by atoms with Gasteiger partial charge in [-0.2, -0.15) is 11.8 Å². The molecule has 8 nitrogen and oxygen atoms in total. The summed E-state index contributed by atoms with van der Waals surface area (Å²) >= 11 is 1.83. The number of imide groups is 1. The lowest BCUT2D eigenvalue weighted by atomic mass is 9.79. The molecule has 3 fully saturated rings. The Labute approximate surface area is 150 Å². The molecule has 138 valence electrons. The number of hydrogen-bond acceptors (Lipinski definition) is 6. The van der Waals surface area contributed by atoms with Crippen molar-refractivity contribution in [2.24, 2.45) is 0 Å². The van der Waals surface area contributed by atoms with Gasteiger partial charge in [0, 0.05) is 30.3 Å². The van der Waals surface area contributed by atoms with Crippen LogP contribution in [-0.4, -0.2) is 51.0 Å². The van der Waals surface area contributed by atoms with E-state index in [4.69, 9.17) is 4.84 Å². The minimum absolute atomic E-state index is 0.0993. The summed E-state index contributed by atoms with van der Waals surface area (Å²) in [6, 6.07) is -0.126. The molecule has 9 heteroatoms. The zero-order valence-corrected chi connectivity index (χ0v) is 15.2. The second-order valence-corrected chi connectivity index (χ2v) is 8.40. The molecule has 25 heavy (non-hydrogen) atoms. The van der Waals surface area contributed by atoms with Crippen molar-refractivity contribution in [3.8, 4) is 0 Å². The van der Waals surface area contributed by atoms with Gasteiger partial charge in [0.25, 0.3) is 11.8 Å². The molecule has 0 bridgehead atoms. The van der Waals surface area contributed by atoms with Crippen molar-refractivity contribution < 1.29 is 24.0 Å². The molecule has 1 unspecified atom stereocenters. The Morgan fingerprint density at radius 3 is 2.56 bits per heavy atom. The highest BCUT2D eigenvalue weighted by molar-refractivity contribution is 8.00. The normalized spacial score (nSPS) is 34.1. The van der Waals surface area contributed by atoms with Gasteiger partial charge in [-0.25, -0.2) is 9.59 Å². The van der Waals surface area contributed by atoms with E-state index in [2.05, 4.69) is 24.5 Å². The number of rotatable bonds is 6. The first-order valence-corrected chi connectivity index (χ1v) is 9.58. The predicted octanol–water partition coefficient (Wildman–Crippen LogP) is 1.10. The summed E-state index contributed by atoms with van der Waals surface area (Å²) in [6.45, 7) is 4.12. The van der Waals surface area contributed by atoms with Crippen LogP contribution in [0.3, 0.4) is 0 Å². The second-order valence-electron chi connectivity index (χ2n) is 7.20. The molecule has 2 N–H and O–H groups in total. The van der Waals surface area contributed by atoms with E-state index < -0.39 is 17.8 Å². The van der Waals surface area contributed by atoms with Crippen LogP contribution in [0.5, 0.6) is 0 Å². The molecule has 3 aliphatic heterocycles. The molecule has 3 rings (SSSR count). The number of thioether (sulfide) groups is 1. The average molecular weight is 369 g/mol.